The maximum absolute atomic E-state index is 12.7. The number of pyridine rings is 1. The van der Waals surface area contributed by atoms with Crippen molar-refractivity contribution in [3.05, 3.63) is 46.1 Å². The van der Waals surface area contributed by atoms with Crippen molar-refractivity contribution >= 4 is 11.8 Å². The zero-order valence-corrected chi connectivity index (χ0v) is 14.4. The molecule has 2 aliphatic heterocycles. The molecule has 3 atom stereocenters. The third kappa shape index (κ3) is 2.79. The van der Waals surface area contributed by atoms with Gasteiger partial charge in [0, 0.05) is 44.2 Å². The van der Waals surface area contributed by atoms with E-state index in [1.165, 1.54) is 13.1 Å². The fraction of sp³-hybridized carbons (Fsp3) is 0.471. The van der Waals surface area contributed by atoms with E-state index in [0.29, 0.717) is 19.6 Å². The highest BCUT2D eigenvalue weighted by Gasteiger charge is 2.42. The molecule has 2 bridgehead atoms. The van der Waals surface area contributed by atoms with Crippen molar-refractivity contribution in [1.82, 2.24) is 30.2 Å². The molecule has 2 aromatic heterocycles. The standard InChI is InChI=1S/C17H20N6O3/c1-10(24)18-7-15-12-5-11(14-3-2-4-16(25)23(14)15)8-22(9-12)17(26)13-6-19-21-20-13/h2-4,6,11-12,15H,5,7-9H2,1H3,(H,18,24)(H,19,20,21)/t11-,12+,15+/m1/s1. The van der Waals surface area contributed by atoms with Crippen LogP contribution in [0.5, 0.6) is 0 Å². The minimum absolute atomic E-state index is 0.0659. The number of aromatic nitrogens is 4. The Morgan fingerprint density at radius 2 is 2.19 bits per heavy atom. The van der Waals surface area contributed by atoms with Gasteiger partial charge in [0.15, 0.2) is 5.69 Å². The molecule has 2 aromatic rings. The van der Waals surface area contributed by atoms with E-state index in [-0.39, 0.29) is 40.9 Å². The Hall–Kier alpha value is -2.97. The Bertz CT molecular complexity index is 890. The molecule has 1 fully saturated rings. The average molecular weight is 356 g/mol. The molecule has 26 heavy (non-hydrogen) atoms. The molecule has 9 heteroatoms. The Morgan fingerprint density at radius 1 is 1.35 bits per heavy atom. The van der Waals surface area contributed by atoms with Crippen molar-refractivity contribution < 1.29 is 9.59 Å². The number of rotatable bonds is 3. The largest absolute Gasteiger partial charge is 0.354 e. The van der Waals surface area contributed by atoms with Crippen molar-refractivity contribution in [3.63, 3.8) is 0 Å². The predicted molar refractivity (Wildman–Crippen MR) is 91.6 cm³/mol. The van der Waals surface area contributed by atoms with Crippen LogP contribution in [-0.2, 0) is 4.79 Å². The summed E-state index contributed by atoms with van der Waals surface area (Å²) in [5.74, 6) is -0.126. The summed E-state index contributed by atoms with van der Waals surface area (Å²) in [5.41, 5.74) is 1.14. The lowest BCUT2D eigenvalue weighted by Gasteiger charge is -2.46. The van der Waals surface area contributed by atoms with Crippen LogP contribution in [-0.4, -0.2) is 56.3 Å². The van der Waals surface area contributed by atoms with Gasteiger partial charge in [-0.2, -0.15) is 15.4 Å². The second-order valence-electron chi connectivity index (χ2n) is 6.92. The first kappa shape index (κ1) is 16.5. The van der Waals surface area contributed by atoms with Gasteiger partial charge in [-0.25, -0.2) is 0 Å². The van der Waals surface area contributed by atoms with Gasteiger partial charge in [0.1, 0.15) is 0 Å². The highest BCUT2D eigenvalue weighted by Crippen LogP contribution is 2.41. The lowest BCUT2D eigenvalue weighted by Crippen LogP contribution is -2.53. The monoisotopic (exact) mass is 356 g/mol. The van der Waals surface area contributed by atoms with Gasteiger partial charge >= 0.3 is 0 Å². The molecule has 9 nitrogen and oxygen atoms in total. The molecule has 0 aliphatic carbocycles. The number of piperidine rings is 1. The van der Waals surface area contributed by atoms with Gasteiger partial charge in [-0.05, 0) is 18.4 Å². The SMILES string of the molecule is CC(=O)NC[C@H]1[C@H]2C[C@H](CN(C(=O)c3cn[nH]n3)C2)c2cccc(=O)n21. The quantitative estimate of drug-likeness (QED) is 0.798. The number of hydrogen-bond donors (Lipinski definition) is 2. The summed E-state index contributed by atoms with van der Waals surface area (Å²) in [7, 11) is 0. The van der Waals surface area contributed by atoms with Gasteiger partial charge in [0.2, 0.25) is 5.91 Å². The molecule has 2 amide bonds. The second kappa shape index (κ2) is 6.40. The summed E-state index contributed by atoms with van der Waals surface area (Å²) in [6.07, 6.45) is 2.30. The molecule has 4 heterocycles. The van der Waals surface area contributed by atoms with Crippen molar-refractivity contribution in [1.29, 1.82) is 0 Å². The van der Waals surface area contributed by atoms with Crippen LogP contribution in [0.3, 0.4) is 0 Å². The molecular weight excluding hydrogens is 336 g/mol. The number of nitrogens with one attached hydrogen (secondary N) is 2. The first-order valence-electron chi connectivity index (χ1n) is 8.65. The van der Waals surface area contributed by atoms with Gasteiger partial charge in [0.05, 0.1) is 12.2 Å². The van der Waals surface area contributed by atoms with Gasteiger partial charge in [-0.1, -0.05) is 6.07 Å². The average Bonchev–Trinajstić information content (AvgIpc) is 3.16. The summed E-state index contributed by atoms with van der Waals surface area (Å²) < 4.78 is 1.80. The van der Waals surface area contributed by atoms with Crippen LogP contribution in [0, 0.1) is 5.92 Å². The molecule has 2 N–H and O–H groups in total. The minimum atomic E-state index is -0.174. The van der Waals surface area contributed by atoms with Crippen LogP contribution >= 0.6 is 0 Å². The van der Waals surface area contributed by atoms with E-state index in [2.05, 4.69) is 20.7 Å². The fourth-order valence-electron chi connectivity index (χ4n) is 4.19. The Labute approximate surface area is 149 Å². The van der Waals surface area contributed by atoms with Crippen LogP contribution in [0.4, 0.5) is 0 Å². The maximum atomic E-state index is 12.7. The van der Waals surface area contributed by atoms with Crippen LogP contribution in [0.25, 0.3) is 0 Å². The van der Waals surface area contributed by atoms with Gasteiger partial charge in [-0.15, -0.1) is 0 Å². The van der Waals surface area contributed by atoms with Crippen molar-refractivity contribution in [2.45, 2.75) is 25.3 Å². The third-order valence-electron chi connectivity index (χ3n) is 5.28. The lowest BCUT2D eigenvalue weighted by molar-refractivity contribution is -0.119. The van der Waals surface area contributed by atoms with E-state index in [1.807, 2.05) is 6.07 Å². The summed E-state index contributed by atoms with van der Waals surface area (Å²) in [4.78, 5) is 38.4. The molecule has 4 rings (SSSR count). The molecule has 0 unspecified atom stereocenters. The van der Waals surface area contributed by atoms with Crippen LogP contribution in [0.15, 0.2) is 29.2 Å². The predicted octanol–water partition coefficient (Wildman–Crippen LogP) is -0.0969. The van der Waals surface area contributed by atoms with Crippen molar-refractivity contribution in [3.8, 4) is 0 Å². The van der Waals surface area contributed by atoms with Crippen molar-refractivity contribution in [2.24, 2.45) is 5.92 Å². The molecule has 0 radical (unpaired) electrons. The van der Waals surface area contributed by atoms with E-state index >= 15 is 0 Å². The number of nitrogens with zero attached hydrogens (tertiary/aromatic N) is 4. The maximum Gasteiger partial charge on any atom is 0.276 e. The number of H-pyrrole nitrogens is 1. The van der Waals surface area contributed by atoms with Crippen LogP contribution in [0.2, 0.25) is 0 Å². The zero-order chi connectivity index (χ0) is 18.3. The molecule has 136 valence electrons. The molecule has 1 saturated heterocycles. The third-order valence-corrected chi connectivity index (χ3v) is 5.28. The summed E-state index contributed by atoms with van der Waals surface area (Å²) in [6, 6.07) is 5.06. The number of carbonyl (C=O) groups is 2. The van der Waals surface area contributed by atoms with Gasteiger partial charge in [-0.3, -0.25) is 14.4 Å². The summed E-state index contributed by atoms with van der Waals surface area (Å²) >= 11 is 0. The number of hydrogen-bond acceptors (Lipinski definition) is 5. The van der Waals surface area contributed by atoms with E-state index in [4.69, 9.17) is 0 Å². The van der Waals surface area contributed by atoms with Crippen LogP contribution < -0.4 is 10.9 Å². The summed E-state index contributed by atoms with van der Waals surface area (Å²) in [6.45, 7) is 2.89. The Morgan fingerprint density at radius 3 is 2.92 bits per heavy atom. The normalized spacial score (nSPS) is 24.0. The first-order valence-corrected chi connectivity index (χ1v) is 8.65. The van der Waals surface area contributed by atoms with Crippen LogP contribution in [0.1, 0.15) is 41.5 Å². The van der Waals surface area contributed by atoms with Crippen molar-refractivity contribution in [2.75, 3.05) is 19.6 Å². The molecular formula is C17H20N6O3. The van der Waals surface area contributed by atoms with E-state index in [9.17, 15) is 14.4 Å². The number of carbonyl (C=O) groups excluding carboxylic acids is 2. The van der Waals surface area contributed by atoms with E-state index in [0.717, 1.165) is 12.1 Å². The molecule has 0 saturated carbocycles. The molecule has 2 aliphatic rings. The first-order chi connectivity index (χ1) is 12.5. The zero-order valence-electron chi connectivity index (χ0n) is 14.4. The lowest BCUT2D eigenvalue weighted by atomic mass is 9.78. The van der Waals surface area contributed by atoms with Gasteiger partial charge in [0.25, 0.3) is 11.5 Å². The number of fused-ring (bicyclic) bond motifs is 4. The van der Waals surface area contributed by atoms with Gasteiger partial charge < -0.3 is 14.8 Å². The molecule has 0 spiro atoms. The molecule has 0 aromatic carbocycles. The smallest absolute Gasteiger partial charge is 0.276 e. The fourth-order valence-corrected chi connectivity index (χ4v) is 4.19. The number of likely N-dealkylation sites (tertiary alicyclic amines) is 1. The number of aromatic amines is 1. The minimum Gasteiger partial charge on any atom is -0.354 e. The summed E-state index contributed by atoms with van der Waals surface area (Å²) in [5, 5.41) is 12.9. The van der Waals surface area contributed by atoms with E-state index in [1.54, 1.807) is 21.6 Å². The Kier molecular flexibility index (Phi) is 4.06. The van der Waals surface area contributed by atoms with E-state index < -0.39 is 0 Å². The number of amides is 2. The highest BCUT2D eigenvalue weighted by atomic mass is 16.2. The Balaban J connectivity index is 1.68. The highest BCUT2D eigenvalue weighted by molar-refractivity contribution is 5.92. The second-order valence-corrected chi connectivity index (χ2v) is 6.92. The topological polar surface area (TPSA) is 113 Å².